The van der Waals surface area contributed by atoms with Crippen LogP contribution in [-0.4, -0.2) is 66.1 Å². The van der Waals surface area contributed by atoms with Crippen molar-refractivity contribution in [3.8, 4) is 12.3 Å². The number of thiazole rings is 1. The SMILES string of the molecule is C#C/C=C(\C=C/CC(F)(F)F)C[C@@H](C[C@H](C)C(=O)OC)NC(=O)c1csc([C@@H](CC(C(C)C)N(C)C(=O)CCC2CC2)OC(C)=O)n1. The van der Waals surface area contributed by atoms with Crippen LogP contribution in [0.15, 0.2) is 29.2 Å². The van der Waals surface area contributed by atoms with E-state index < -0.39 is 48.5 Å². The summed E-state index contributed by atoms with van der Waals surface area (Å²) in [6.07, 6.45) is 6.58. The number of amides is 2. The molecule has 0 aromatic carbocycles. The number of halogens is 3. The molecule has 9 nitrogen and oxygen atoms in total. The smallest absolute Gasteiger partial charge is 0.392 e. The van der Waals surface area contributed by atoms with Crippen LogP contribution in [-0.2, 0) is 23.9 Å². The number of ether oxygens (including phenoxy) is 2. The second kappa shape index (κ2) is 18.6. The first-order valence-corrected chi connectivity index (χ1v) is 16.6. The van der Waals surface area contributed by atoms with E-state index in [2.05, 4.69) is 16.2 Å². The molecule has 47 heavy (non-hydrogen) atoms. The zero-order valence-electron chi connectivity index (χ0n) is 27.9. The normalized spacial score (nSPS) is 16.2. The van der Waals surface area contributed by atoms with Gasteiger partial charge in [-0.1, -0.05) is 51.7 Å². The third-order valence-electron chi connectivity index (χ3n) is 7.93. The minimum Gasteiger partial charge on any atom is -0.469 e. The molecule has 0 spiro atoms. The number of hydrogen-bond acceptors (Lipinski definition) is 8. The fraction of sp³-hybridized carbons (Fsp3) is 0.618. The number of esters is 2. The number of carbonyl (C=O) groups excluding carboxylic acids is 4. The lowest BCUT2D eigenvalue weighted by Gasteiger charge is -2.33. The summed E-state index contributed by atoms with van der Waals surface area (Å²) in [6.45, 7) is 6.86. The molecule has 1 N–H and O–H groups in total. The molecule has 1 unspecified atom stereocenters. The van der Waals surface area contributed by atoms with Gasteiger partial charge in [0.1, 0.15) is 10.7 Å². The largest absolute Gasteiger partial charge is 0.469 e. The van der Waals surface area contributed by atoms with Gasteiger partial charge in [0.2, 0.25) is 5.91 Å². The average molecular weight is 682 g/mol. The van der Waals surface area contributed by atoms with Gasteiger partial charge in [-0.3, -0.25) is 19.2 Å². The zero-order chi connectivity index (χ0) is 35.3. The third-order valence-corrected chi connectivity index (χ3v) is 8.86. The zero-order valence-corrected chi connectivity index (χ0v) is 28.7. The van der Waals surface area contributed by atoms with Gasteiger partial charge in [0, 0.05) is 44.3 Å². The van der Waals surface area contributed by atoms with E-state index in [9.17, 15) is 32.3 Å². The summed E-state index contributed by atoms with van der Waals surface area (Å²) in [5.41, 5.74) is 0.381. The summed E-state index contributed by atoms with van der Waals surface area (Å²) in [5, 5.41) is 4.71. The van der Waals surface area contributed by atoms with Crippen molar-refractivity contribution in [3.63, 3.8) is 0 Å². The number of allylic oxidation sites excluding steroid dienone is 3. The van der Waals surface area contributed by atoms with Crippen LogP contribution in [0.5, 0.6) is 0 Å². The topological polar surface area (TPSA) is 115 Å². The maximum absolute atomic E-state index is 13.4. The monoisotopic (exact) mass is 681 g/mol. The Labute approximate surface area is 279 Å². The summed E-state index contributed by atoms with van der Waals surface area (Å²) in [4.78, 5) is 56.8. The highest BCUT2D eigenvalue weighted by Gasteiger charge is 2.32. The van der Waals surface area contributed by atoms with Crippen molar-refractivity contribution in [2.75, 3.05) is 14.2 Å². The lowest BCUT2D eigenvalue weighted by Crippen LogP contribution is -2.41. The molecule has 1 aromatic rings. The molecule has 2 amide bonds. The van der Waals surface area contributed by atoms with Crippen LogP contribution in [0.4, 0.5) is 13.2 Å². The number of aromatic nitrogens is 1. The molecular weight excluding hydrogens is 635 g/mol. The molecule has 1 saturated carbocycles. The molecule has 0 saturated heterocycles. The fourth-order valence-corrected chi connectivity index (χ4v) is 6.06. The van der Waals surface area contributed by atoms with Crippen molar-refractivity contribution in [3.05, 3.63) is 39.9 Å². The number of nitrogens with one attached hydrogen (secondary N) is 1. The Morgan fingerprint density at radius 3 is 2.45 bits per heavy atom. The minimum absolute atomic E-state index is 0.0233. The van der Waals surface area contributed by atoms with Gasteiger partial charge in [0.05, 0.1) is 19.4 Å². The molecule has 0 aliphatic heterocycles. The molecule has 0 bridgehead atoms. The molecule has 1 heterocycles. The lowest BCUT2D eigenvalue weighted by molar-refractivity contribution is -0.148. The van der Waals surface area contributed by atoms with Crippen molar-refractivity contribution in [2.24, 2.45) is 17.8 Å². The first-order chi connectivity index (χ1) is 22.0. The molecule has 4 atom stereocenters. The number of terminal acetylenes is 1. The van der Waals surface area contributed by atoms with Crippen LogP contribution in [0, 0.1) is 30.1 Å². The van der Waals surface area contributed by atoms with Gasteiger partial charge in [0.25, 0.3) is 5.91 Å². The number of carbonyl (C=O) groups is 4. The lowest BCUT2D eigenvalue weighted by atomic mass is 9.95. The molecule has 13 heteroatoms. The van der Waals surface area contributed by atoms with Crippen LogP contribution in [0.1, 0.15) is 101 Å². The second-order valence-electron chi connectivity index (χ2n) is 12.3. The van der Waals surface area contributed by atoms with E-state index in [1.165, 1.54) is 31.6 Å². The first kappa shape index (κ1) is 39.5. The molecule has 260 valence electrons. The highest BCUT2D eigenvalue weighted by Crippen LogP contribution is 2.35. The quantitative estimate of drug-likeness (QED) is 0.106. The van der Waals surface area contributed by atoms with Crippen molar-refractivity contribution in [2.45, 2.75) is 103 Å². The minimum atomic E-state index is -4.40. The maximum atomic E-state index is 13.4. The van der Waals surface area contributed by atoms with Gasteiger partial charge in [-0.15, -0.1) is 17.8 Å². The molecular formula is C34H46F3N3O6S. The number of alkyl halides is 3. The molecule has 1 fully saturated rings. The molecule has 2 rings (SSSR count). The highest BCUT2D eigenvalue weighted by molar-refractivity contribution is 7.09. The van der Waals surface area contributed by atoms with Gasteiger partial charge in [-0.2, -0.15) is 13.2 Å². The summed E-state index contributed by atoms with van der Waals surface area (Å²) in [7, 11) is 2.99. The van der Waals surface area contributed by atoms with Gasteiger partial charge >= 0.3 is 18.1 Å². The molecule has 1 aromatic heterocycles. The first-order valence-electron chi connectivity index (χ1n) is 15.7. The van der Waals surface area contributed by atoms with Crippen molar-refractivity contribution >= 4 is 35.1 Å². The Kier molecular flexibility index (Phi) is 15.7. The predicted octanol–water partition coefficient (Wildman–Crippen LogP) is 6.57. The van der Waals surface area contributed by atoms with E-state index in [0.717, 1.165) is 36.7 Å². The van der Waals surface area contributed by atoms with Gasteiger partial charge in [-0.05, 0) is 42.7 Å². The fourth-order valence-electron chi connectivity index (χ4n) is 5.22. The second-order valence-corrected chi connectivity index (χ2v) is 13.2. The van der Waals surface area contributed by atoms with E-state index in [-0.39, 0.29) is 42.8 Å². The van der Waals surface area contributed by atoms with Gasteiger partial charge in [0.15, 0.2) is 6.10 Å². The van der Waals surface area contributed by atoms with E-state index in [0.29, 0.717) is 22.9 Å². The Morgan fingerprint density at radius 2 is 1.89 bits per heavy atom. The summed E-state index contributed by atoms with van der Waals surface area (Å²) in [5.74, 6) is 0.688. The standard InChI is InChI=1S/C34H46F3N3O6S/c1-8-10-25(11-9-16-34(35,36)37)18-26(17-22(4)33(44)45-7)38-31(43)27-20-47-32(39-27)29(46-23(5)41)19-28(21(2)3)40(6)30(42)15-14-24-12-13-24/h1,9-11,20-22,24,26,28-29H,12-19H2,2-7H3,(H,38,43)/b11-9-,25-10+/t22-,26+,28?,29+/m0/s1. The molecule has 1 aliphatic carbocycles. The predicted molar refractivity (Wildman–Crippen MR) is 173 cm³/mol. The Hall–Kier alpha value is -3.66. The Morgan fingerprint density at radius 1 is 1.21 bits per heavy atom. The summed E-state index contributed by atoms with van der Waals surface area (Å²) >= 11 is 1.13. The van der Waals surface area contributed by atoms with Crippen molar-refractivity contribution in [1.82, 2.24) is 15.2 Å². The third kappa shape index (κ3) is 14.3. The summed E-state index contributed by atoms with van der Waals surface area (Å²) < 4.78 is 48.6. The number of nitrogens with zero attached hydrogens (tertiary/aromatic N) is 2. The van der Waals surface area contributed by atoms with Crippen LogP contribution < -0.4 is 5.32 Å². The van der Waals surface area contributed by atoms with Crippen LogP contribution in [0.3, 0.4) is 0 Å². The summed E-state index contributed by atoms with van der Waals surface area (Å²) in [6, 6.07) is -0.982. The number of methoxy groups -OCH3 is 1. The highest BCUT2D eigenvalue weighted by atomic mass is 32.1. The van der Waals surface area contributed by atoms with Crippen LogP contribution in [0.2, 0.25) is 0 Å². The average Bonchev–Trinajstić information content (AvgIpc) is 3.68. The van der Waals surface area contributed by atoms with E-state index in [4.69, 9.17) is 15.9 Å². The molecule has 0 radical (unpaired) electrons. The Balaban J connectivity index is 2.27. The van der Waals surface area contributed by atoms with Crippen LogP contribution >= 0.6 is 11.3 Å². The van der Waals surface area contributed by atoms with Crippen molar-refractivity contribution in [1.29, 1.82) is 0 Å². The molecule has 1 aliphatic rings. The van der Waals surface area contributed by atoms with E-state index in [1.54, 1.807) is 18.9 Å². The van der Waals surface area contributed by atoms with Gasteiger partial charge in [-0.25, -0.2) is 4.98 Å². The maximum Gasteiger partial charge on any atom is 0.392 e. The Bertz CT molecular complexity index is 1330. The van der Waals surface area contributed by atoms with Crippen molar-refractivity contribution < 1.29 is 41.8 Å². The van der Waals surface area contributed by atoms with Gasteiger partial charge < -0.3 is 19.7 Å². The van der Waals surface area contributed by atoms with Crippen LogP contribution in [0.25, 0.3) is 0 Å². The number of rotatable bonds is 18. The van der Waals surface area contributed by atoms with E-state index in [1.807, 2.05) is 13.8 Å². The number of hydrogen-bond donors (Lipinski definition) is 1. The van der Waals surface area contributed by atoms with E-state index >= 15 is 0 Å².